The highest BCUT2D eigenvalue weighted by atomic mass is 19.3. The van der Waals surface area contributed by atoms with Gasteiger partial charge in [0.05, 0.1) is 12.1 Å². The van der Waals surface area contributed by atoms with Gasteiger partial charge in [0.15, 0.2) is 5.78 Å². The zero-order chi connectivity index (χ0) is 36.0. The number of nitrogens with two attached hydrogens (primary N) is 2. The van der Waals surface area contributed by atoms with Crippen LogP contribution in [0.4, 0.5) is 8.78 Å². The Bertz CT molecular complexity index is 910. The molecule has 1 heterocycles. The Morgan fingerprint density at radius 3 is 1.81 bits per heavy atom. The van der Waals surface area contributed by atoms with Crippen molar-refractivity contribution in [2.75, 3.05) is 6.54 Å². The van der Waals surface area contributed by atoms with Crippen LogP contribution in [0, 0.1) is 11.8 Å². The normalized spacial score (nSPS) is 21.9. The molecule has 6 N–H and O–H groups in total. The Balaban J connectivity index is 0.00000167. The van der Waals surface area contributed by atoms with Crippen molar-refractivity contribution < 1.29 is 32.8 Å². The highest BCUT2D eigenvalue weighted by Crippen LogP contribution is 2.34. The number of ketones is 1. The molecular formula is C35H65F2N5O5. The number of nitrogens with one attached hydrogen (secondary N) is 2. The van der Waals surface area contributed by atoms with Crippen molar-refractivity contribution in [3.05, 3.63) is 0 Å². The number of likely N-dealkylation sites (tertiary alicyclic amines) is 1. The topological polar surface area (TPSA) is 165 Å². The van der Waals surface area contributed by atoms with Gasteiger partial charge < -0.3 is 27.0 Å². The van der Waals surface area contributed by atoms with E-state index in [1.807, 2.05) is 13.8 Å². The third-order valence-corrected chi connectivity index (χ3v) is 9.30. The van der Waals surface area contributed by atoms with Gasteiger partial charge >= 0.3 is 0 Å². The van der Waals surface area contributed by atoms with Crippen LogP contribution >= 0.6 is 0 Å². The van der Waals surface area contributed by atoms with Crippen LogP contribution in [-0.2, 0) is 24.0 Å². The lowest BCUT2D eigenvalue weighted by Crippen LogP contribution is -2.60. The van der Waals surface area contributed by atoms with Crippen molar-refractivity contribution in [3.63, 3.8) is 0 Å². The molecule has 3 aliphatic carbocycles. The van der Waals surface area contributed by atoms with E-state index in [2.05, 4.69) is 29.0 Å². The van der Waals surface area contributed by atoms with Crippen molar-refractivity contribution in [1.82, 2.24) is 15.5 Å². The fourth-order valence-corrected chi connectivity index (χ4v) is 6.34. The number of halogens is 2. The Labute approximate surface area is 282 Å². The predicted molar refractivity (Wildman–Crippen MR) is 182 cm³/mol. The lowest BCUT2D eigenvalue weighted by molar-refractivity contribution is -0.142. The lowest BCUT2D eigenvalue weighted by atomic mass is 9.78. The molecule has 0 aromatic heterocycles. The molecular weight excluding hydrogens is 608 g/mol. The second-order valence-corrected chi connectivity index (χ2v) is 13.4. The van der Waals surface area contributed by atoms with Gasteiger partial charge in [-0.2, -0.15) is 0 Å². The van der Waals surface area contributed by atoms with E-state index in [9.17, 15) is 23.2 Å². The molecule has 10 nitrogen and oxygen atoms in total. The van der Waals surface area contributed by atoms with Gasteiger partial charge in [-0.25, -0.2) is 8.78 Å². The number of carbonyl (C=O) groups is 5. The molecule has 4 atom stereocenters. The average molecular weight is 674 g/mol. The van der Waals surface area contributed by atoms with Crippen LogP contribution in [0.1, 0.15) is 144 Å². The Kier molecular flexibility index (Phi) is 22.3. The third kappa shape index (κ3) is 17.4. The van der Waals surface area contributed by atoms with Crippen molar-refractivity contribution in [2.24, 2.45) is 23.3 Å². The first-order valence-electron chi connectivity index (χ1n) is 17.8. The van der Waals surface area contributed by atoms with Crippen LogP contribution in [0.2, 0.25) is 0 Å². The zero-order valence-electron chi connectivity index (χ0n) is 30.0. The maximum atomic E-state index is 14.0. The first-order chi connectivity index (χ1) is 22.2. The quantitative estimate of drug-likeness (QED) is 0.227. The summed E-state index contributed by atoms with van der Waals surface area (Å²) in [5.41, 5.74) is 8.26. The molecule has 3 saturated carbocycles. The van der Waals surface area contributed by atoms with Crippen molar-refractivity contribution in [1.29, 1.82) is 0 Å². The Hall–Kier alpha value is -2.63. The summed E-state index contributed by atoms with van der Waals surface area (Å²) in [6.45, 7) is 10.3. The molecule has 0 aromatic rings. The molecule has 1 saturated heterocycles. The number of carbonyl (C=O) groups excluding carboxylic acids is 5. The minimum atomic E-state index is -2.94. The summed E-state index contributed by atoms with van der Waals surface area (Å²) < 4.78 is 27.5. The summed E-state index contributed by atoms with van der Waals surface area (Å²) in [4.78, 5) is 58.4. The number of primary amides is 2. The van der Waals surface area contributed by atoms with Gasteiger partial charge in [0.2, 0.25) is 30.6 Å². The molecule has 4 fully saturated rings. The van der Waals surface area contributed by atoms with Crippen LogP contribution in [0.5, 0.6) is 0 Å². The van der Waals surface area contributed by atoms with Crippen molar-refractivity contribution in [3.8, 4) is 0 Å². The van der Waals surface area contributed by atoms with Gasteiger partial charge in [0, 0.05) is 18.0 Å². The SMILES string of the molecule is C1CC1.CC.CC(=O)C(CC(C)C(C)(F)F)NC(=O)C1CCCN1C(=O)C(NC1(C)CCCCC1)C1CCCCC1.NC=O.NC=O. The third-order valence-electron chi connectivity index (χ3n) is 9.30. The summed E-state index contributed by atoms with van der Waals surface area (Å²) in [6, 6.07) is -1.96. The first kappa shape index (κ1) is 44.4. The molecule has 4 unspecified atom stereocenters. The summed E-state index contributed by atoms with van der Waals surface area (Å²) in [7, 11) is 0. The second-order valence-electron chi connectivity index (χ2n) is 13.4. The molecule has 0 bridgehead atoms. The van der Waals surface area contributed by atoms with Crippen LogP contribution in [0.15, 0.2) is 0 Å². The Morgan fingerprint density at radius 1 is 0.894 bits per heavy atom. The van der Waals surface area contributed by atoms with Crippen LogP contribution in [0.25, 0.3) is 0 Å². The molecule has 0 radical (unpaired) electrons. The van der Waals surface area contributed by atoms with Crippen molar-refractivity contribution >= 4 is 30.4 Å². The lowest BCUT2D eigenvalue weighted by Gasteiger charge is -2.42. The van der Waals surface area contributed by atoms with E-state index in [0.717, 1.165) is 58.3 Å². The molecule has 0 spiro atoms. The summed E-state index contributed by atoms with van der Waals surface area (Å²) >= 11 is 0. The summed E-state index contributed by atoms with van der Waals surface area (Å²) in [5, 5.41) is 6.50. The number of alkyl halides is 2. The largest absolute Gasteiger partial charge is 0.372 e. The zero-order valence-corrected chi connectivity index (χ0v) is 30.0. The van der Waals surface area contributed by atoms with Gasteiger partial charge in [0.1, 0.15) is 6.04 Å². The van der Waals surface area contributed by atoms with E-state index < -0.39 is 29.8 Å². The molecule has 4 rings (SSSR count). The first-order valence-corrected chi connectivity index (χ1v) is 17.8. The van der Waals surface area contributed by atoms with E-state index in [-0.39, 0.29) is 48.4 Å². The standard InChI is InChI=1S/C28H47F2N3O3.C3H6.C2H6.2CH3NO/c1-19(28(4,29)30)18-22(20(2)34)31-25(35)23-14-11-17-33(23)26(36)24(21-12-7-5-8-13-21)32-27(3)15-9-6-10-16-27;1-2-3-1;1-2;2*2-1-3/h19,21-24,32H,5-18H2,1-4H3,(H,31,35);1-3H2;1-2H3;2*1H,(H2,2,3). The van der Waals surface area contributed by atoms with Gasteiger partial charge in [-0.3, -0.25) is 24.0 Å². The number of hydrogen-bond donors (Lipinski definition) is 4. The molecule has 4 aliphatic rings. The molecule has 47 heavy (non-hydrogen) atoms. The minimum absolute atomic E-state index is 0.0146. The maximum absolute atomic E-state index is 14.0. The summed E-state index contributed by atoms with van der Waals surface area (Å²) in [5.74, 6) is -4.50. The number of hydrogen-bond acceptors (Lipinski definition) is 6. The molecule has 274 valence electrons. The average Bonchev–Trinajstić information content (AvgIpc) is 3.84. The summed E-state index contributed by atoms with van der Waals surface area (Å²) in [6.07, 6.45) is 17.2. The number of amides is 4. The van der Waals surface area contributed by atoms with Crippen LogP contribution < -0.4 is 22.1 Å². The minimum Gasteiger partial charge on any atom is -0.372 e. The molecule has 1 aliphatic heterocycles. The van der Waals surface area contributed by atoms with E-state index in [1.54, 1.807) is 4.90 Å². The highest BCUT2D eigenvalue weighted by molar-refractivity contribution is 5.93. The fourth-order valence-electron chi connectivity index (χ4n) is 6.34. The van der Waals surface area contributed by atoms with Gasteiger partial charge in [-0.05, 0) is 71.6 Å². The van der Waals surface area contributed by atoms with Gasteiger partial charge in [0.25, 0.3) is 0 Å². The number of nitrogens with zero attached hydrogens (tertiary/aromatic N) is 1. The fraction of sp³-hybridized carbons (Fsp3) is 0.857. The predicted octanol–water partition coefficient (Wildman–Crippen LogP) is 5.39. The van der Waals surface area contributed by atoms with Gasteiger partial charge in [-0.15, -0.1) is 0 Å². The monoisotopic (exact) mass is 673 g/mol. The number of Topliss-reactive ketones (excluding diaryl/α,β-unsaturated/α-hetero) is 1. The molecule has 12 heteroatoms. The van der Waals surface area contributed by atoms with Crippen LogP contribution in [-0.4, -0.2) is 71.4 Å². The number of rotatable bonds is 10. The van der Waals surface area contributed by atoms with E-state index in [1.165, 1.54) is 46.0 Å². The smallest absolute Gasteiger partial charge is 0.248 e. The molecule has 4 amide bonds. The second kappa shape index (κ2) is 23.7. The van der Waals surface area contributed by atoms with Crippen LogP contribution in [0.3, 0.4) is 0 Å². The van der Waals surface area contributed by atoms with E-state index >= 15 is 0 Å². The highest BCUT2D eigenvalue weighted by Gasteiger charge is 2.43. The van der Waals surface area contributed by atoms with E-state index in [4.69, 9.17) is 9.59 Å². The van der Waals surface area contributed by atoms with Gasteiger partial charge in [-0.1, -0.05) is 78.6 Å². The maximum Gasteiger partial charge on any atom is 0.248 e. The Morgan fingerprint density at radius 2 is 1.36 bits per heavy atom. The van der Waals surface area contributed by atoms with Crippen molar-refractivity contribution in [2.45, 2.75) is 174 Å². The molecule has 0 aromatic carbocycles. The van der Waals surface area contributed by atoms with E-state index in [0.29, 0.717) is 19.4 Å².